The molecule has 0 atom stereocenters. The summed E-state index contributed by atoms with van der Waals surface area (Å²) in [6, 6.07) is 2.76. The summed E-state index contributed by atoms with van der Waals surface area (Å²) in [6.45, 7) is 2.03. The summed E-state index contributed by atoms with van der Waals surface area (Å²) in [5, 5.41) is 0. The van der Waals surface area contributed by atoms with Crippen molar-refractivity contribution in [3.63, 3.8) is 0 Å². The SMILES string of the molecule is CCCCCc1ccc(C(=O)OC)c(F)c1S(C)(=O)=O. The number of benzene rings is 1. The van der Waals surface area contributed by atoms with Gasteiger partial charge in [-0.2, -0.15) is 0 Å². The molecule has 20 heavy (non-hydrogen) atoms. The molecule has 0 bridgehead atoms. The zero-order chi connectivity index (χ0) is 15.3. The van der Waals surface area contributed by atoms with E-state index in [0.717, 1.165) is 32.6 Å². The van der Waals surface area contributed by atoms with E-state index in [1.807, 2.05) is 6.92 Å². The van der Waals surface area contributed by atoms with Crippen LogP contribution >= 0.6 is 0 Å². The Balaban J connectivity index is 3.33. The van der Waals surface area contributed by atoms with Gasteiger partial charge in [-0.1, -0.05) is 25.8 Å². The Bertz CT molecular complexity index is 593. The molecule has 0 aromatic heterocycles. The third-order valence-corrected chi connectivity index (χ3v) is 4.19. The van der Waals surface area contributed by atoms with Gasteiger partial charge in [-0.3, -0.25) is 0 Å². The molecule has 4 nitrogen and oxygen atoms in total. The number of carbonyl (C=O) groups excluding carboxylic acids is 1. The number of carbonyl (C=O) groups is 1. The molecule has 0 fully saturated rings. The normalized spacial score (nSPS) is 11.4. The predicted octanol–water partition coefficient (Wildman–Crippen LogP) is 2.75. The van der Waals surface area contributed by atoms with Gasteiger partial charge in [-0.05, 0) is 24.5 Å². The highest BCUT2D eigenvalue weighted by Crippen LogP contribution is 2.25. The molecule has 0 spiro atoms. The summed E-state index contributed by atoms with van der Waals surface area (Å²) in [5.74, 6) is -1.90. The van der Waals surface area contributed by atoms with E-state index in [1.165, 1.54) is 12.1 Å². The van der Waals surface area contributed by atoms with E-state index in [4.69, 9.17) is 0 Å². The highest BCUT2D eigenvalue weighted by Gasteiger charge is 2.24. The number of unbranched alkanes of at least 4 members (excludes halogenated alkanes) is 2. The first kappa shape index (κ1) is 16.6. The smallest absolute Gasteiger partial charge is 0.340 e. The lowest BCUT2D eigenvalue weighted by atomic mass is 10.0. The molecule has 0 unspecified atom stereocenters. The van der Waals surface area contributed by atoms with E-state index in [2.05, 4.69) is 4.74 Å². The number of rotatable bonds is 6. The lowest BCUT2D eigenvalue weighted by Crippen LogP contribution is -2.12. The predicted molar refractivity (Wildman–Crippen MR) is 74.1 cm³/mol. The Labute approximate surface area is 118 Å². The van der Waals surface area contributed by atoms with Gasteiger partial charge in [-0.25, -0.2) is 17.6 Å². The third-order valence-electron chi connectivity index (χ3n) is 3.00. The van der Waals surface area contributed by atoms with Gasteiger partial charge in [0, 0.05) is 6.26 Å². The molecule has 0 radical (unpaired) electrons. The molecule has 0 aliphatic carbocycles. The van der Waals surface area contributed by atoms with Gasteiger partial charge in [0.15, 0.2) is 15.7 Å². The Morgan fingerprint density at radius 3 is 2.45 bits per heavy atom. The van der Waals surface area contributed by atoms with Crippen molar-refractivity contribution in [1.82, 2.24) is 0 Å². The summed E-state index contributed by atoms with van der Waals surface area (Å²) >= 11 is 0. The fraction of sp³-hybridized carbons (Fsp3) is 0.500. The summed E-state index contributed by atoms with van der Waals surface area (Å²) in [6.07, 6.45) is 4.10. The van der Waals surface area contributed by atoms with Crippen LogP contribution in [-0.4, -0.2) is 27.8 Å². The molecule has 1 aromatic rings. The molecular weight excluding hydrogens is 283 g/mol. The first-order valence-electron chi connectivity index (χ1n) is 6.42. The molecule has 0 N–H and O–H groups in total. The molecule has 1 rings (SSSR count). The summed E-state index contributed by atoms with van der Waals surface area (Å²) in [7, 11) is -2.63. The fourth-order valence-electron chi connectivity index (χ4n) is 2.03. The van der Waals surface area contributed by atoms with Crippen molar-refractivity contribution in [2.24, 2.45) is 0 Å². The second-order valence-corrected chi connectivity index (χ2v) is 6.59. The van der Waals surface area contributed by atoms with Crippen molar-refractivity contribution in [3.05, 3.63) is 29.1 Å². The van der Waals surface area contributed by atoms with Crippen LogP contribution in [0.2, 0.25) is 0 Å². The van der Waals surface area contributed by atoms with E-state index in [1.54, 1.807) is 0 Å². The molecular formula is C14H19FO4S. The number of hydrogen-bond acceptors (Lipinski definition) is 4. The van der Waals surface area contributed by atoms with Gasteiger partial charge >= 0.3 is 5.97 Å². The zero-order valence-corrected chi connectivity index (χ0v) is 12.7. The highest BCUT2D eigenvalue weighted by atomic mass is 32.2. The quantitative estimate of drug-likeness (QED) is 0.599. The van der Waals surface area contributed by atoms with Gasteiger partial charge in [0.05, 0.1) is 12.7 Å². The average Bonchev–Trinajstić information content (AvgIpc) is 2.36. The van der Waals surface area contributed by atoms with E-state index in [-0.39, 0.29) is 5.56 Å². The third kappa shape index (κ3) is 3.79. The highest BCUT2D eigenvalue weighted by molar-refractivity contribution is 7.90. The van der Waals surface area contributed by atoms with Crippen LogP contribution in [0.4, 0.5) is 4.39 Å². The number of aryl methyl sites for hydroxylation is 1. The van der Waals surface area contributed by atoms with Crippen LogP contribution in [0.1, 0.15) is 42.1 Å². The van der Waals surface area contributed by atoms with Gasteiger partial charge < -0.3 is 4.74 Å². The maximum atomic E-state index is 14.3. The van der Waals surface area contributed by atoms with Gasteiger partial charge in [-0.15, -0.1) is 0 Å². The Morgan fingerprint density at radius 1 is 1.30 bits per heavy atom. The first-order chi connectivity index (χ1) is 9.32. The molecule has 0 aliphatic heterocycles. The van der Waals surface area contributed by atoms with E-state index < -0.39 is 26.5 Å². The number of halogens is 1. The monoisotopic (exact) mass is 302 g/mol. The minimum atomic E-state index is -3.75. The number of hydrogen-bond donors (Lipinski definition) is 0. The minimum Gasteiger partial charge on any atom is -0.465 e. The first-order valence-corrected chi connectivity index (χ1v) is 8.31. The average molecular weight is 302 g/mol. The van der Waals surface area contributed by atoms with Crippen LogP contribution in [0, 0.1) is 5.82 Å². The molecule has 1 aromatic carbocycles. The van der Waals surface area contributed by atoms with Crippen molar-refractivity contribution in [3.8, 4) is 0 Å². The molecule has 0 heterocycles. The standard InChI is InChI=1S/C14H19FO4S/c1-4-5-6-7-10-8-9-11(14(16)19-2)12(15)13(10)20(3,17)18/h8-9H,4-7H2,1-3H3. The molecule has 112 valence electrons. The Morgan fingerprint density at radius 2 is 1.95 bits per heavy atom. The van der Waals surface area contributed by atoms with Crippen molar-refractivity contribution in [2.75, 3.05) is 13.4 Å². The van der Waals surface area contributed by atoms with Gasteiger partial charge in [0.1, 0.15) is 4.90 Å². The molecule has 0 aliphatic rings. The zero-order valence-electron chi connectivity index (χ0n) is 11.9. The van der Waals surface area contributed by atoms with Crippen LogP contribution in [0.3, 0.4) is 0 Å². The van der Waals surface area contributed by atoms with Crippen molar-refractivity contribution in [1.29, 1.82) is 0 Å². The second-order valence-electron chi connectivity index (χ2n) is 4.64. The lowest BCUT2D eigenvalue weighted by Gasteiger charge is -2.11. The number of ether oxygens (including phenoxy) is 1. The van der Waals surface area contributed by atoms with Crippen molar-refractivity contribution >= 4 is 15.8 Å². The van der Waals surface area contributed by atoms with Crippen molar-refractivity contribution < 1.29 is 22.3 Å². The second kappa shape index (κ2) is 6.83. The number of methoxy groups -OCH3 is 1. The topological polar surface area (TPSA) is 60.4 Å². The number of sulfone groups is 1. The van der Waals surface area contributed by atoms with Crippen LogP contribution in [0.25, 0.3) is 0 Å². The molecule has 0 amide bonds. The summed E-state index contributed by atoms with van der Waals surface area (Å²) in [4.78, 5) is 11.0. The summed E-state index contributed by atoms with van der Waals surface area (Å²) in [5.41, 5.74) is 0.0540. The van der Waals surface area contributed by atoms with Gasteiger partial charge in [0.25, 0.3) is 0 Å². The maximum absolute atomic E-state index is 14.3. The largest absolute Gasteiger partial charge is 0.465 e. The Kier molecular flexibility index (Phi) is 5.68. The van der Waals surface area contributed by atoms with Gasteiger partial charge in [0.2, 0.25) is 0 Å². The van der Waals surface area contributed by atoms with Crippen molar-refractivity contribution in [2.45, 2.75) is 37.5 Å². The molecule has 6 heteroatoms. The molecule has 0 saturated carbocycles. The Hall–Kier alpha value is -1.43. The number of esters is 1. The van der Waals surface area contributed by atoms with Crippen LogP contribution in [0.15, 0.2) is 17.0 Å². The molecule has 0 saturated heterocycles. The maximum Gasteiger partial charge on any atom is 0.340 e. The van der Waals surface area contributed by atoms with Crippen LogP contribution < -0.4 is 0 Å². The summed E-state index contributed by atoms with van der Waals surface area (Å²) < 4.78 is 42.3. The minimum absolute atomic E-state index is 0.354. The van der Waals surface area contributed by atoms with E-state index in [0.29, 0.717) is 12.0 Å². The fourth-order valence-corrected chi connectivity index (χ4v) is 3.11. The lowest BCUT2D eigenvalue weighted by molar-refractivity contribution is 0.0594. The van der Waals surface area contributed by atoms with Crippen LogP contribution in [-0.2, 0) is 21.0 Å². The van der Waals surface area contributed by atoms with E-state index in [9.17, 15) is 17.6 Å². The van der Waals surface area contributed by atoms with Crippen LogP contribution in [0.5, 0.6) is 0 Å². The van der Waals surface area contributed by atoms with E-state index >= 15 is 0 Å².